The van der Waals surface area contributed by atoms with Gasteiger partial charge < -0.3 is 29.0 Å². The van der Waals surface area contributed by atoms with Gasteiger partial charge in [-0.2, -0.15) is 9.97 Å². The molecule has 4 aliphatic rings. The van der Waals surface area contributed by atoms with E-state index in [-0.39, 0.29) is 30.1 Å². The van der Waals surface area contributed by atoms with Gasteiger partial charge in [0.2, 0.25) is 12.5 Å². The zero-order chi connectivity index (χ0) is 30.3. The number of hydrogen-bond acceptors (Lipinski definition) is 8. The lowest BCUT2D eigenvalue weighted by Crippen LogP contribution is -2.56. The molecule has 0 bridgehead atoms. The number of anilines is 2. The van der Waals surface area contributed by atoms with E-state index in [2.05, 4.69) is 75.6 Å². The molecular formula is C34H39N7O3. The van der Waals surface area contributed by atoms with E-state index in [9.17, 15) is 4.79 Å². The van der Waals surface area contributed by atoms with Crippen LogP contribution in [-0.2, 0) is 22.5 Å². The Morgan fingerprint density at radius 1 is 1.14 bits per heavy atom. The predicted molar refractivity (Wildman–Crippen MR) is 170 cm³/mol. The van der Waals surface area contributed by atoms with Gasteiger partial charge in [-0.3, -0.25) is 9.69 Å². The van der Waals surface area contributed by atoms with Crippen LogP contribution in [0.15, 0.2) is 55.1 Å². The van der Waals surface area contributed by atoms with Crippen molar-refractivity contribution in [3.8, 4) is 6.01 Å². The van der Waals surface area contributed by atoms with Crippen molar-refractivity contribution in [3.05, 3.63) is 77.8 Å². The molecule has 2 aromatic carbocycles. The number of nitrogens with zero attached hydrogens (tertiary/aromatic N) is 7. The van der Waals surface area contributed by atoms with Gasteiger partial charge >= 0.3 is 6.01 Å². The smallest absolute Gasteiger partial charge is 0.318 e. The first kappa shape index (κ1) is 28.6. The second-order valence-electron chi connectivity index (χ2n) is 12.5. The number of aromatic nitrogens is 2. The third kappa shape index (κ3) is 5.35. The molecule has 1 aliphatic carbocycles. The van der Waals surface area contributed by atoms with E-state index >= 15 is 0 Å². The molecule has 1 aromatic heterocycles. The van der Waals surface area contributed by atoms with E-state index in [0.29, 0.717) is 38.8 Å². The van der Waals surface area contributed by atoms with Gasteiger partial charge in [0.15, 0.2) is 0 Å². The summed E-state index contributed by atoms with van der Waals surface area (Å²) >= 11 is 0. The van der Waals surface area contributed by atoms with Crippen LogP contribution in [0.4, 0.5) is 11.5 Å². The van der Waals surface area contributed by atoms with Crippen LogP contribution in [0.25, 0.3) is 15.6 Å². The van der Waals surface area contributed by atoms with Crippen LogP contribution in [0.2, 0.25) is 0 Å². The highest BCUT2D eigenvalue weighted by molar-refractivity contribution is 5.94. The first-order valence-electron chi connectivity index (χ1n) is 15.6. The highest BCUT2D eigenvalue weighted by Gasteiger charge is 2.50. The SMILES string of the molecule is [C-]#[N+]C[C@H]1CN(c2nc(OC[C@H]3CN(C)C4(CC4)CO3)nc3c2CCN(c2cccc4ccccc24)C3)CCN1C(=O)C=C. The molecule has 3 fully saturated rings. The minimum absolute atomic E-state index is 0.0435. The normalized spacial score (nSPS) is 22.9. The largest absolute Gasteiger partial charge is 0.461 e. The molecule has 0 unspecified atom stereocenters. The molecule has 1 saturated carbocycles. The Morgan fingerprint density at radius 3 is 2.77 bits per heavy atom. The van der Waals surface area contributed by atoms with Gasteiger partial charge in [0, 0.05) is 54.9 Å². The van der Waals surface area contributed by atoms with E-state index in [0.717, 1.165) is 43.2 Å². The fourth-order valence-electron chi connectivity index (χ4n) is 6.99. The topological polar surface area (TPSA) is 78.6 Å². The standard InChI is InChI=1S/C34H39N7O3/c1-4-31(42)41-17-16-40(19-25(41)18-35-2)32-28-12-15-39(30-11-7-9-24-8-5-6-10-27(24)30)21-29(28)36-33(37-32)43-22-26-20-38(3)34(13-14-34)23-44-26/h4-11,25-26H,1,12-23H2,3H3/t25-,26+/m0/s1. The Balaban J connectivity index is 1.18. The lowest BCUT2D eigenvalue weighted by Gasteiger charge is -2.41. The Kier molecular flexibility index (Phi) is 7.60. The summed E-state index contributed by atoms with van der Waals surface area (Å²) < 4.78 is 12.5. The van der Waals surface area contributed by atoms with Gasteiger partial charge in [0.1, 0.15) is 24.6 Å². The second kappa shape index (κ2) is 11.7. The van der Waals surface area contributed by atoms with Crippen molar-refractivity contribution in [2.24, 2.45) is 0 Å². The van der Waals surface area contributed by atoms with E-state index in [1.807, 2.05) is 0 Å². The third-order valence-corrected chi connectivity index (χ3v) is 9.77. The first-order chi connectivity index (χ1) is 21.5. The molecule has 7 rings (SSSR count). The monoisotopic (exact) mass is 593 g/mol. The molecule has 0 radical (unpaired) electrons. The third-order valence-electron chi connectivity index (χ3n) is 9.77. The van der Waals surface area contributed by atoms with Crippen LogP contribution in [0.1, 0.15) is 24.1 Å². The fourth-order valence-corrected chi connectivity index (χ4v) is 6.99. The number of carbonyl (C=O) groups is 1. The van der Waals surface area contributed by atoms with Gasteiger partial charge in [-0.25, -0.2) is 6.57 Å². The minimum atomic E-state index is -0.238. The summed E-state index contributed by atoms with van der Waals surface area (Å²) in [4.78, 5) is 35.0. The summed E-state index contributed by atoms with van der Waals surface area (Å²) in [5.74, 6) is 0.713. The summed E-state index contributed by atoms with van der Waals surface area (Å²) in [5, 5.41) is 2.44. The summed E-state index contributed by atoms with van der Waals surface area (Å²) in [6, 6.07) is 15.0. The van der Waals surface area contributed by atoms with Crippen LogP contribution in [0.3, 0.4) is 0 Å². The molecule has 10 nitrogen and oxygen atoms in total. The van der Waals surface area contributed by atoms with Gasteiger partial charge in [0.25, 0.3) is 0 Å². The maximum absolute atomic E-state index is 12.6. The Labute approximate surface area is 258 Å². The van der Waals surface area contributed by atoms with Crippen LogP contribution in [0.5, 0.6) is 6.01 Å². The van der Waals surface area contributed by atoms with Crippen molar-refractivity contribution >= 4 is 28.2 Å². The molecule has 2 saturated heterocycles. The van der Waals surface area contributed by atoms with Gasteiger partial charge in [-0.1, -0.05) is 43.0 Å². The number of benzene rings is 2. The first-order valence-corrected chi connectivity index (χ1v) is 15.6. The number of amides is 1. The molecule has 2 atom stereocenters. The lowest BCUT2D eigenvalue weighted by atomic mass is 10.0. The van der Waals surface area contributed by atoms with E-state index in [1.165, 1.54) is 35.4 Å². The van der Waals surface area contributed by atoms with Gasteiger partial charge in [0.05, 0.1) is 18.8 Å². The molecule has 3 aliphatic heterocycles. The van der Waals surface area contributed by atoms with Crippen LogP contribution in [0, 0.1) is 6.57 Å². The molecule has 44 heavy (non-hydrogen) atoms. The number of likely N-dealkylation sites (N-methyl/N-ethyl adjacent to an activating group) is 1. The number of rotatable bonds is 7. The number of hydrogen-bond donors (Lipinski definition) is 0. The van der Waals surface area contributed by atoms with Gasteiger partial charge in [-0.15, -0.1) is 0 Å². The molecule has 1 amide bonds. The van der Waals surface area contributed by atoms with Crippen molar-refractivity contribution in [1.82, 2.24) is 19.8 Å². The molecule has 4 heterocycles. The fraction of sp³-hybridized carbons (Fsp3) is 0.471. The molecular weight excluding hydrogens is 554 g/mol. The quantitative estimate of drug-likeness (QED) is 0.304. The molecule has 228 valence electrons. The molecule has 1 spiro atoms. The lowest BCUT2D eigenvalue weighted by molar-refractivity contribution is -0.128. The number of morpholine rings is 1. The van der Waals surface area contributed by atoms with Crippen molar-refractivity contribution in [1.29, 1.82) is 0 Å². The Bertz CT molecular complexity index is 1610. The zero-order valence-electron chi connectivity index (χ0n) is 25.3. The molecule has 0 N–H and O–H groups in total. The van der Waals surface area contributed by atoms with Crippen molar-refractivity contribution in [2.75, 3.05) is 69.3 Å². The summed E-state index contributed by atoms with van der Waals surface area (Å²) in [5.41, 5.74) is 3.49. The zero-order valence-corrected chi connectivity index (χ0v) is 25.3. The maximum atomic E-state index is 12.6. The van der Waals surface area contributed by atoms with E-state index < -0.39 is 0 Å². The van der Waals surface area contributed by atoms with Gasteiger partial charge in [-0.05, 0) is 43.8 Å². The van der Waals surface area contributed by atoms with Crippen LogP contribution in [-0.4, -0.2) is 103 Å². The number of carbonyl (C=O) groups excluding carboxylic acids is 1. The summed E-state index contributed by atoms with van der Waals surface area (Å²) in [6.07, 6.45) is 4.47. The maximum Gasteiger partial charge on any atom is 0.318 e. The van der Waals surface area contributed by atoms with Crippen LogP contribution >= 0.6 is 0 Å². The average Bonchev–Trinajstić information content (AvgIpc) is 3.85. The van der Waals surface area contributed by atoms with E-state index in [4.69, 9.17) is 26.0 Å². The summed E-state index contributed by atoms with van der Waals surface area (Å²) in [7, 11) is 2.17. The average molecular weight is 594 g/mol. The van der Waals surface area contributed by atoms with Crippen molar-refractivity contribution in [2.45, 2.75) is 43.5 Å². The molecule has 10 heteroatoms. The van der Waals surface area contributed by atoms with Crippen LogP contribution < -0.4 is 14.5 Å². The number of ether oxygens (including phenoxy) is 2. The Morgan fingerprint density at radius 2 is 1.98 bits per heavy atom. The highest BCUT2D eigenvalue weighted by atomic mass is 16.5. The van der Waals surface area contributed by atoms with Crippen molar-refractivity contribution < 1.29 is 14.3 Å². The van der Waals surface area contributed by atoms with Crippen molar-refractivity contribution in [3.63, 3.8) is 0 Å². The minimum Gasteiger partial charge on any atom is -0.461 e. The number of fused-ring (bicyclic) bond motifs is 2. The van der Waals surface area contributed by atoms with E-state index in [1.54, 1.807) is 4.90 Å². The predicted octanol–water partition coefficient (Wildman–Crippen LogP) is 3.56. The second-order valence-corrected chi connectivity index (χ2v) is 12.5. The molecule has 3 aromatic rings. The summed E-state index contributed by atoms with van der Waals surface area (Å²) in [6.45, 7) is 16.5. The highest BCUT2D eigenvalue weighted by Crippen LogP contribution is 2.43. The Hall–Kier alpha value is -4.20. The number of piperazine rings is 1.